The summed E-state index contributed by atoms with van der Waals surface area (Å²) in [6.07, 6.45) is 19.1. The normalized spacial score (nSPS) is 21.2. The fourth-order valence-electron chi connectivity index (χ4n) is 11.3. The maximum absolute atomic E-state index is 15.3. The molecule has 1 saturated carbocycles. The van der Waals surface area contributed by atoms with Crippen LogP contribution in [0.3, 0.4) is 0 Å². The minimum atomic E-state index is -1.53. The van der Waals surface area contributed by atoms with Crippen LogP contribution in [-0.4, -0.2) is 69.6 Å². The second-order valence-electron chi connectivity index (χ2n) is 20.0. The van der Waals surface area contributed by atoms with Crippen molar-refractivity contribution in [1.82, 2.24) is 4.90 Å². The van der Waals surface area contributed by atoms with Crippen molar-refractivity contribution in [2.75, 3.05) is 19.8 Å². The molecule has 2 aliphatic carbocycles. The summed E-state index contributed by atoms with van der Waals surface area (Å²) >= 11 is 0. The molecule has 1 aliphatic heterocycles. The number of carbonyl (C=O) groups excluding carboxylic acids is 2. The van der Waals surface area contributed by atoms with Crippen molar-refractivity contribution in [3.63, 3.8) is 0 Å². The van der Waals surface area contributed by atoms with Crippen LogP contribution in [0.4, 0.5) is 10.1 Å². The van der Waals surface area contributed by atoms with Gasteiger partial charge in [0.1, 0.15) is 42.0 Å². The second-order valence-corrected chi connectivity index (χ2v) is 20.0. The number of aliphatic hydroxyl groups excluding tert-OH is 2. The largest absolute Gasteiger partial charge is 0.459 e. The number of aldehydes is 1. The number of allylic oxidation sites excluding steroid dienone is 1. The monoisotopic (exact) mass is 1020 g/mol. The fourth-order valence-corrected chi connectivity index (χ4v) is 11.3. The Balaban J connectivity index is 1.39. The number of benzene rings is 4. The number of hydrogen-bond donors (Lipinski definition) is 2. The van der Waals surface area contributed by atoms with E-state index in [1.807, 2.05) is 23.1 Å². The highest BCUT2D eigenvalue weighted by atomic mass is 19.1. The highest BCUT2D eigenvalue weighted by molar-refractivity contribution is 6.03. The lowest BCUT2D eigenvalue weighted by atomic mass is 9.55. The van der Waals surface area contributed by atoms with Gasteiger partial charge < -0.3 is 34.2 Å². The highest BCUT2D eigenvalue weighted by Gasteiger charge is 2.65. The van der Waals surface area contributed by atoms with Crippen molar-refractivity contribution in [2.45, 2.75) is 147 Å². The van der Waals surface area contributed by atoms with Crippen LogP contribution < -0.4 is 9.47 Å². The van der Waals surface area contributed by atoms with Gasteiger partial charge in [-0.1, -0.05) is 113 Å². The molecule has 1 fully saturated rings. The van der Waals surface area contributed by atoms with Crippen LogP contribution in [-0.2, 0) is 27.5 Å². The maximum Gasteiger partial charge on any atom is 0.269 e. The molecule has 14 heteroatoms. The molecule has 6 atom stereocenters. The van der Waals surface area contributed by atoms with Crippen molar-refractivity contribution < 1.29 is 48.2 Å². The van der Waals surface area contributed by atoms with Crippen molar-refractivity contribution in [1.29, 1.82) is 0 Å². The molecule has 0 aromatic heterocycles. The van der Waals surface area contributed by atoms with E-state index in [1.54, 1.807) is 54.6 Å². The topological polar surface area (TPSA) is 170 Å². The summed E-state index contributed by atoms with van der Waals surface area (Å²) in [5.74, 6) is -1.49. The van der Waals surface area contributed by atoms with Gasteiger partial charge in [0.15, 0.2) is 0 Å². The lowest BCUT2D eigenvalue weighted by molar-refractivity contribution is -0.384. The Morgan fingerprint density at radius 3 is 2.26 bits per heavy atom. The van der Waals surface area contributed by atoms with Gasteiger partial charge in [-0.3, -0.25) is 19.7 Å². The Hall–Kier alpha value is -6.22. The first-order valence-electron chi connectivity index (χ1n) is 26.8. The summed E-state index contributed by atoms with van der Waals surface area (Å²) in [7, 11) is 0. The lowest BCUT2D eigenvalue weighted by Crippen LogP contribution is -2.70. The number of fused-ring (bicyclic) bond motifs is 2. The van der Waals surface area contributed by atoms with E-state index in [1.165, 1.54) is 56.4 Å². The third kappa shape index (κ3) is 14.1. The summed E-state index contributed by atoms with van der Waals surface area (Å²) in [6, 6.07) is 24.2. The van der Waals surface area contributed by atoms with E-state index in [-0.39, 0.29) is 75.2 Å². The summed E-state index contributed by atoms with van der Waals surface area (Å²) < 4.78 is 35.7. The lowest BCUT2D eigenvalue weighted by Gasteiger charge is -2.60. The predicted molar refractivity (Wildman–Crippen MR) is 284 cm³/mol. The number of nitro benzene ring substituents is 1. The van der Waals surface area contributed by atoms with Crippen molar-refractivity contribution in [3.8, 4) is 17.2 Å². The first kappa shape index (κ1) is 55.5. The smallest absolute Gasteiger partial charge is 0.269 e. The van der Waals surface area contributed by atoms with Gasteiger partial charge in [-0.25, -0.2) is 4.39 Å². The van der Waals surface area contributed by atoms with E-state index in [0.717, 1.165) is 67.9 Å². The number of nitro groups is 1. The summed E-state index contributed by atoms with van der Waals surface area (Å²) in [5, 5.41) is 36.6. The number of halogens is 1. The molecule has 0 spiro atoms. The van der Waals surface area contributed by atoms with Crippen LogP contribution in [0.1, 0.15) is 149 Å². The zero-order valence-corrected chi connectivity index (χ0v) is 42.9. The summed E-state index contributed by atoms with van der Waals surface area (Å²) in [4.78, 5) is 46.2. The molecule has 7 rings (SSSR count). The third-order valence-electron chi connectivity index (χ3n) is 14.9. The Bertz CT molecular complexity index is 2530. The minimum Gasteiger partial charge on any atom is -0.459 e. The van der Waals surface area contributed by atoms with Gasteiger partial charge in [0, 0.05) is 61.8 Å². The first-order valence-corrected chi connectivity index (χ1v) is 26.8. The summed E-state index contributed by atoms with van der Waals surface area (Å²) in [6.45, 7) is 6.58. The number of rotatable bonds is 31. The first-order chi connectivity index (χ1) is 36.1. The van der Waals surface area contributed by atoms with Crippen LogP contribution in [0, 0.1) is 33.7 Å². The van der Waals surface area contributed by atoms with Crippen LogP contribution in [0.25, 0.3) is 0 Å². The zero-order valence-electron chi connectivity index (χ0n) is 42.9. The molecule has 0 radical (unpaired) electrons. The number of nitrogens with zero attached hydrogens (tertiary/aromatic N) is 3. The van der Waals surface area contributed by atoms with Crippen molar-refractivity contribution in [2.24, 2.45) is 22.9 Å². The Labute approximate surface area is 435 Å². The molecule has 396 valence electrons. The molecule has 2 N–H and O–H groups in total. The summed E-state index contributed by atoms with van der Waals surface area (Å²) in [5.41, 5.74) is 4.12. The number of hydrogen-bond acceptors (Lipinski definition) is 11. The molecular formula is C60H74FN3O10. The van der Waals surface area contributed by atoms with E-state index in [4.69, 9.17) is 24.2 Å². The number of carbonyl (C=O) groups is 2. The van der Waals surface area contributed by atoms with E-state index in [2.05, 4.69) is 19.6 Å². The van der Waals surface area contributed by atoms with Gasteiger partial charge in [-0.05, 0) is 115 Å². The maximum atomic E-state index is 15.3. The molecular weight excluding hydrogens is 942 g/mol. The van der Waals surface area contributed by atoms with Gasteiger partial charge >= 0.3 is 0 Å². The van der Waals surface area contributed by atoms with Crippen LogP contribution in [0.5, 0.6) is 17.2 Å². The molecule has 0 bridgehead atoms. The zero-order chi connectivity index (χ0) is 52.3. The van der Waals surface area contributed by atoms with Gasteiger partial charge in [-0.2, -0.15) is 0 Å². The molecule has 1 amide bonds. The molecule has 74 heavy (non-hydrogen) atoms. The Morgan fingerprint density at radius 2 is 1.57 bits per heavy atom. The van der Waals surface area contributed by atoms with Gasteiger partial charge in [-0.15, -0.1) is 6.58 Å². The van der Waals surface area contributed by atoms with Crippen molar-refractivity contribution >= 4 is 23.6 Å². The molecule has 0 saturated heterocycles. The van der Waals surface area contributed by atoms with Crippen LogP contribution in [0.2, 0.25) is 0 Å². The van der Waals surface area contributed by atoms with Crippen LogP contribution in [0.15, 0.2) is 120 Å². The number of aliphatic hydroxyl groups is 2. The molecule has 3 aliphatic rings. The molecule has 1 heterocycles. The van der Waals surface area contributed by atoms with Crippen molar-refractivity contribution in [3.05, 3.63) is 153 Å². The number of oxime groups is 1. The Kier molecular flexibility index (Phi) is 20.9. The third-order valence-corrected chi connectivity index (χ3v) is 14.9. The standard InChI is InChI=1S/C60H74FN3O10/c1-3-5-6-7-8-9-10-11-12-22-57(68)63(40-43-23-27-47(61)28-24-43)56-39-54(62-72-42-44-25-29-48(30-26-44)64(69)70)52-37-46(19-13-15-33-65)51(21-14-16-34-66)58-53-38-50(73-49-20-17-18-45(36-49)41-67)31-32-55(53)74-60(56,59(52)58)71-35-4-2/h4,17-18,20,23-32,36-38,41,46,51,56,58-59,65-66H,2-3,5-16,19,21-22,33-35,39-40,42H2,1H3. The van der Waals surface area contributed by atoms with Gasteiger partial charge in [0.25, 0.3) is 5.69 Å². The average Bonchev–Trinajstić information content (AvgIpc) is 3.45. The molecule has 13 nitrogen and oxygen atoms in total. The Morgan fingerprint density at radius 1 is 0.878 bits per heavy atom. The van der Waals surface area contributed by atoms with E-state index < -0.39 is 28.5 Å². The van der Waals surface area contributed by atoms with Crippen LogP contribution >= 0.6 is 0 Å². The number of non-ortho nitro benzene ring substituents is 1. The van der Waals surface area contributed by atoms with E-state index in [0.29, 0.717) is 53.3 Å². The van der Waals surface area contributed by atoms with E-state index >= 15 is 4.79 Å². The molecule has 4 aromatic carbocycles. The second kappa shape index (κ2) is 27.9. The average molecular weight is 1020 g/mol. The molecule has 4 aromatic rings. The molecule has 6 unspecified atom stereocenters. The van der Waals surface area contributed by atoms with Gasteiger partial charge in [0.2, 0.25) is 11.7 Å². The SMILES string of the molecule is C=CCOC12Oc3ccc(Oc4cccc(C=O)c4)cc3C3C(CCCCO)C(CCCCO)C=C(C(=NOCc4ccc([N+](=O)[O-])cc4)CC1N(Cc1ccc(F)cc1)C(=O)CCCCCCCCCCC)C32. The quantitative estimate of drug-likeness (QED) is 0.0163. The van der Waals surface area contributed by atoms with E-state index in [9.17, 15) is 29.5 Å². The predicted octanol–water partition coefficient (Wildman–Crippen LogP) is 13.1. The number of ether oxygens (including phenoxy) is 3. The number of amides is 1. The number of unbranched alkanes of at least 4 members (excludes halogenated alkanes) is 10. The fraction of sp³-hybridized carbons (Fsp3) is 0.483. The van der Waals surface area contributed by atoms with Gasteiger partial charge in [0.05, 0.1) is 23.2 Å². The minimum absolute atomic E-state index is 0.0114. The highest BCUT2D eigenvalue weighted by Crippen LogP contribution is 2.62.